The van der Waals surface area contributed by atoms with Crippen molar-refractivity contribution in [2.24, 2.45) is 0 Å². The van der Waals surface area contributed by atoms with Gasteiger partial charge in [-0.25, -0.2) is 0 Å². The highest BCUT2D eigenvalue weighted by Crippen LogP contribution is 2.33. The Morgan fingerprint density at radius 2 is 2.19 bits per heavy atom. The first-order valence-electron chi connectivity index (χ1n) is 5.16. The summed E-state index contributed by atoms with van der Waals surface area (Å²) in [7, 11) is 1.59. The number of rotatable bonds is 6. The van der Waals surface area contributed by atoms with Gasteiger partial charge in [-0.1, -0.05) is 6.08 Å². The van der Waals surface area contributed by atoms with Crippen LogP contribution in [0.1, 0.15) is 22.8 Å². The fraction of sp³-hybridized carbons (Fsp3) is 0.308. The topological polar surface area (TPSA) is 35.5 Å². The van der Waals surface area contributed by atoms with E-state index < -0.39 is 0 Å². The Morgan fingerprint density at radius 1 is 1.44 bits per heavy atom. The lowest BCUT2D eigenvalue weighted by Gasteiger charge is -2.13. The van der Waals surface area contributed by atoms with Gasteiger partial charge in [0.2, 0.25) is 0 Å². The highest BCUT2D eigenvalue weighted by atomic mass is 16.5. The third-order valence-electron chi connectivity index (χ3n) is 2.16. The summed E-state index contributed by atoms with van der Waals surface area (Å²) in [5.41, 5.74) is 1.49. The molecule has 0 bridgehead atoms. The van der Waals surface area contributed by atoms with Crippen molar-refractivity contribution in [2.45, 2.75) is 13.3 Å². The minimum Gasteiger partial charge on any atom is -0.493 e. The molecular formula is C13H16O3. The maximum atomic E-state index is 10.8. The van der Waals surface area contributed by atoms with E-state index in [-0.39, 0.29) is 0 Å². The molecule has 0 N–H and O–H groups in total. The van der Waals surface area contributed by atoms with Gasteiger partial charge in [-0.05, 0) is 25.5 Å². The van der Waals surface area contributed by atoms with Gasteiger partial charge in [0, 0.05) is 11.1 Å². The molecule has 1 aromatic carbocycles. The molecule has 0 amide bonds. The Bertz CT molecular complexity index is 383. The van der Waals surface area contributed by atoms with E-state index in [1.165, 1.54) is 0 Å². The second-order valence-corrected chi connectivity index (χ2v) is 3.26. The second-order valence-electron chi connectivity index (χ2n) is 3.26. The number of ether oxygens (including phenoxy) is 2. The van der Waals surface area contributed by atoms with Crippen molar-refractivity contribution >= 4 is 6.29 Å². The van der Waals surface area contributed by atoms with Gasteiger partial charge in [-0.2, -0.15) is 0 Å². The van der Waals surface area contributed by atoms with Crippen LogP contribution in [0.25, 0.3) is 0 Å². The summed E-state index contributed by atoms with van der Waals surface area (Å²) in [5.74, 6) is 1.28. The quantitative estimate of drug-likeness (QED) is 0.546. The van der Waals surface area contributed by atoms with E-state index >= 15 is 0 Å². The van der Waals surface area contributed by atoms with Crippen LogP contribution in [0.5, 0.6) is 11.5 Å². The molecular weight excluding hydrogens is 204 g/mol. The lowest BCUT2D eigenvalue weighted by Crippen LogP contribution is -2.00. The fourth-order valence-electron chi connectivity index (χ4n) is 1.55. The van der Waals surface area contributed by atoms with Crippen LogP contribution in [0.2, 0.25) is 0 Å². The Hall–Kier alpha value is -1.77. The van der Waals surface area contributed by atoms with Crippen molar-refractivity contribution in [3.63, 3.8) is 0 Å². The van der Waals surface area contributed by atoms with Crippen LogP contribution in [-0.2, 0) is 6.42 Å². The van der Waals surface area contributed by atoms with E-state index in [0.29, 0.717) is 30.1 Å². The molecule has 0 aliphatic heterocycles. The molecule has 16 heavy (non-hydrogen) atoms. The number of allylic oxidation sites excluding steroid dienone is 1. The molecule has 86 valence electrons. The summed E-state index contributed by atoms with van der Waals surface area (Å²) in [6.45, 7) is 6.10. The van der Waals surface area contributed by atoms with Gasteiger partial charge >= 0.3 is 0 Å². The average molecular weight is 220 g/mol. The van der Waals surface area contributed by atoms with Crippen LogP contribution in [0.15, 0.2) is 24.8 Å². The number of aldehydes is 1. The fourth-order valence-corrected chi connectivity index (χ4v) is 1.55. The van der Waals surface area contributed by atoms with Crippen LogP contribution in [0.4, 0.5) is 0 Å². The molecule has 1 rings (SSSR count). The molecule has 0 aliphatic carbocycles. The average Bonchev–Trinajstić information content (AvgIpc) is 2.29. The van der Waals surface area contributed by atoms with Crippen LogP contribution in [0, 0.1) is 0 Å². The molecule has 0 atom stereocenters. The van der Waals surface area contributed by atoms with Crippen molar-refractivity contribution in [1.29, 1.82) is 0 Å². The summed E-state index contributed by atoms with van der Waals surface area (Å²) < 4.78 is 10.7. The Kier molecular flexibility index (Phi) is 4.58. The number of methoxy groups -OCH3 is 1. The van der Waals surface area contributed by atoms with Gasteiger partial charge < -0.3 is 9.47 Å². The normalized spacial score (nSPS) is 9.62. The summed E-state index contributed by atoms with van der Waals surface area (Å²) in [4.78, 5) is 10.8. The SMILES string of the molecule is C=CCc1cc(C=O)cc(OCC)c1OC. The third kappa shape index (κ3) is 2.63. The monoisotopic (exact) mass is 220 g/mol. The Balaban J connectivity index is 3.26. The van der Waals surface area contributed by atoms with E-state index in [1.807, 2.05) is 6.92 Å². The first-order valence-corrected chi connectivity index (χ1v) is 5.16. The van der Waals surface area contributed by atoms with Gasteiger partial charge in [0.15, 0.2) is 11.5 Å². The van der Waals surface area contributed by atoms with Crippen molar-refractivity contribution in [3.05, 3.63) is 35.9 Å². The molecule has 1 aromatic rings. The van der Waals surface area contributed by atoms with E-state index in [1.54, 1.807) is 25.3 Å². The van der Waals surface area contributed by atoms with Crippen molar-refractivity contribution in [1.82, 2.24) is 0 Å². The number of benzene rings is 1. The largest absolute Gasteiger partial charge is 0.493 e. The number of carbonyl (C=O) groups excluding carboxylic acids is 1. The Morgan fingerprint density at radius 3 is 2.69 bits per heavy atom. The Labute approximate surface area is 95.7 Å². The van der Waals surface area contributed by atoms with Crippen LogP contribution in [-0.4, -0.2) is 20.0 Å². The zero-order chi connectivity index (χ0) is 12.0. The van der Waals surface area contributed by atoms with Crippen molar-refractivity contribution < 1.29 is 14.3 Å². The number of hydrogen-bond donors (Lipinski definition) is 0. The van der Waals surface area contributed by atoms with Crippen molar-refractivity contribution in [3.8, 4) is 11.5 Å². The lowest BCUT2D eigenvalue weighted by molar-refractivity contribution is 0.112. The highest BCUT2D eigenvalue weighted by molar-refractivity contribution is 5.77. The maximum Gasteiger partial charge on any atom is 0.164 e. The standard InChI is InChI=1S/C13H16O3/c1-4-6-11-7-10(9-14)8-12(16-5-2)13(11)15-3/h4,7-9H,1,5-6H2,2-3H3. The van der Waals surface area contributed by atoms with Gasteiger partial charge in [-0.3, -0.25) is 4.79 Å². The predicted octanol–water partition coefficient (Wildman–Crippen LogP) is 2.63. The van der Waals surface area contributed by atoms with Gasteiger partial charge in [0.25, 0.3) is 0 Å². The summed E-state index contributed by atoms with van der Waals surface area (Å²) >= 11 is 0. The first kappa shape index (κ1) is 12.3. The molecule has 0 unspecified atom stereocenters. The zero-order valence-corrected chi connectivity index (χ0v) is 9.66. The maximum absolute atomic E-state index is 10.8. The summed E-state index contributed by atoms with van der Waals surface area (Å²) in [6, 6.07) is 3.47. The minimum absolute atomic E-state index is 0.534. The minimum atomic E-state index is 0.534. The lowest BCUT2D eigenvalue weighted by atomic mass is 10.1. The molecule has 0 spiro atoms. The smallest absolute Gasteiger partial charge is 0.164 e. The zero-order valence-electron chi connectivity index (χ0n) is 9.66. The third-order valence-corrected chi connectivity index (χ3v) is 2.16. The van der Waals surface area contributed by atoms with Gasteiger partial charge in [-0.15, -0.1) is 6.58 Å². The van der Waals surface area contributed by atoms with Gasteiger partial charge in [0.05, 0.1) is 13.7 Å². The molecule has 0 aliphatic rings. The van der Waals surface area contributed by atoms with Gasteiger partial charge in [0.1, 0.15) is 6.29 Å². The van der Waals surface area contributed by atoms with E-state index in [9.17, 15) is 4.79 Å². The second kappa shape index (κ2) is 5.95. The number of hydrogen-bond acceptors (Lipinski definition) is 3. The molecule has 0 heterocycles. The van der Waals surface area contributed by atoms with E-state index in [0.717, 1.165) is 11.8 Å². The molecule has 0 radical (unpaired) electrons. The van der Waals surface area contributed by atoms with Crippen LogP contribution in [0.3, 0.4) is 0 Å². The first-order chi connectivity index (χ1) is 7.76. The molecule has 0 fully saturated rings. The molecule has 0 aromatic heterocycles. The van der Waals surface area contributed by atoms with E-state index in [2.05, 4.69) is 6.58 Å². The van der Waals surface area contributed by atoms with E-state index in [4.69, 9.17) is 9.47 Å². The van der Waals surface area contributed by atoms with Crippen LogP contribution >= 0.6 is 0 Å². The summed E-state index contributed by atoms with van der Waals surface area (Å²) in [5, 5.41) is 0. The predicted molar refractivity (Wildman–Crippen MR) is 63.5 cm³/mol. The number of carbonyl (C=O) groups is 1. The summed E-state index contributed by atoms with van der Waals surface area (Å²) in [6.07, 6.45) is 3.21. The molecule has 0 saturated heterocycles. The molecule has 3 nitrogen and oxygen atoms in total. The molecule has 0 saturated carbocycles. The highest BCUT2D eigenvalue weighted by Gasteiger charge is 2.11. The van der Waals surface area contributed by atoms with Crippen molar-refractivity contribution in [2.75, 3.05) is 13.7 Å². The molecule has 3 heteroatoms. The van der Waals surface area contributed by atoms with Crippen LogP contribution < -0.4 is 9.47 Å².